The van der Waals surface area contributed by atoms with Crippen molar-refractivity contribution in [3.8, 4) is 22.8 Å². The quantitative estimate of drug-likeness (QED) is 0.434. The summed E-state index contributed by atoms with van der Waals surface area (Å²) in [4.78, 5) is 5.16. The second-order valence-corrected chi connectivity index (χ2v) is 8.99. The van der Waals surface area contributed by atoms with Gasteiger partial charge in [0, 0.05) is 14.6 Å². The Balaban J connectivity index is 1.81. The summed E-state index contributed by atoms with van der Waals surface area (Å²) in [6.45, 7) is 4.45. The number of allylic oxidation sites excluding steroid dienone is 2. The molecule has 0 spiro atoms. The topological polar surface area (TPSA) is 0 Å². The maximum atomic E-state index is 5.61. The predicted molar refractivity (Wildman–Crippen MR) is 112 cm³/mol. The summed E-state index contributed by atoms with van der Waals surface area (Å²) in [5, 5.41) is 0. The molecule has 0 nitrogen and oxygen atoms in total. The standard InChI is InChI=1S/C23H20S2/c1-4-18-13-21(15(2)24-18)19-11-8-12-20(19)22-14-23(25-16(22)3)17-9-6-5-7-10-17/h1,5-7,9-10,13-14H,8,11-12H2,2-3H3. The molecule has 2 heterocycles. The zero-order valence-electron chi connectivity index (χ0n) is 14.6. The fraction of sp³-hybridized carbons (Fsp3) is 0.217. The maximum absolute atomic E-state index is 5.61. The Labute approximate surface area is 157 Å². The van der Waals surface area contributed by atoms with Crippen LogP contribution in [0.4, 0.5) is 0 Å². The van der Waals surface area contributed by atoms with Crippen molar-refractivity contribution in [2.24, 2.45) is 0 Å². The van der Waals surface area contributed by atoms with E-state index in [4.69, 9.17) is 6.42 Å². The first-order valence-corrected chi connectivity index (χ1v) is 10.3. The highest BCUT2D eigenvalue weighted by molar-refractivity contribution is 7.15. The first-order valence-electron chi connectivity index (χ1n) is 8.63. The number of terminal acetylenes is 1. The average molecular weight is 361 g/mol. The van der Waals surface area contributed by atoms with E-state index in [1.165, 1.54) is 55.3 Å². The van der Waals surface area contributed by atoms with Crippen LogP contribution < -0.4 is 0 Å². The Kier molecular flexibility index (Phi) is 4.37. The molecule has 2 aromatic heterocycles. The van der Waals surface area contributed by atoms with Gasteiger partial charge in [0.2, 0.25) is 0 Å². The molecule has 124 valence electrons. The summed E-state index contributed by atoms with van der Waals surface area (Å²) in [7, 11) is 0. The summed E-state index contributed by atoms with van der Waals surface area (Å²) in [5.41, 5.74) is 7.15. The largest absolute Gasteiger partial charge is 0.140 e. The van der Waals surface area contributed by atoms with E-state index in [0.29, 0.717) is 0 Å². The molecule has 0 saturated heterocycles. The van der Waals surface area contributed by atoms with Gasteiger partial charge in [0.15, 0.2) is 0 Å². The fourth-order valence-corrected chi connectivity index (χ4v) is 5.63. The lowest BCUT2D eigenvalue weighted by molar-refractivity contribution is 0.941. The van der Waals surface area contributed by atoms with E-state index in [0.717, 1.165) is 11.3 Å². The van der Waals surface area contributed by atoms with Crippen molar-refractivity contribution in [1.29, 1.82) is 0 Å². The van der Waals surface area contributed by atoms with Gasteiger partial charge in [-0.1, -0.05) is 36.3 Å². The normalized spacial score (nSPS) is 14.1. The Morgan fingerprint density at radius 1 is 0.880 bits per heavy atom. The van der Waals surface area contributed by atoms with Crippen LogP contribution in [0.3, 0.4) is 0 Å². The molecule has 0 radical (unpaired) electrons. The molecule has 1 aromatic carbocycles. The number of hydrogen-bond acceptors (Lipinski definition) is 2. The monoisotopic (exact) mass is 360 g/mol. The van der Waals surface area contributed by atoms with Crippen molar-refractivity contribution in [3.05, 3.63) is 68.2 Å². The van der Waals surface area contributed by atoms with Crippen molar-refractivity contribution in [3.63, 3.8) is 0 Å². The fourth-order valence-electron chi connectivity index (χ4n) is 3.72. The molecule has 3 aromatic rings. The molecule has 0 atom stereocenters. The lowest BCUT2D eigenvalue weighted by Crippen LogP contribution is -1.86. The molecule has 1 aliphatic rings. The number of benzene rings is 1. The zero-order valence-corrected chi connectivity index (χ0v) is 16.2. The third-order valence-electron chi connectivity index (χ3n) is 4.90. The third kappa shape index (κ3) is 2.99. The van der Waals surface area contributed by atoms with Crippen LogP contribution in [0.5, 0.6) is 0 Å². The van der Waals surface area contributed by atoms with E-state index in [1.54, 1.807) is 11.3 Å². The molecule has 4 rings (SSSR count). The lowest BCUT2D eigenvalue weighted by Gasteiger charge is -2.07. The highest BCUT2D eigenvalue weighted by atomic mass is 32.1. The Morgan fingerprint density at radius 3 is 2.16 bits per heavy atom. The van der Waals surface area contributed by atoms with Gasteiger partial charge in [0.1, 0.15) is 0 Å². The molecule has 0 unspecified atom stereocenters. The average Bonchev–Trinajstić information content (AvgIpc) is 3.33. The molecule has 0 saturated carbocycles. The number of thiophene rings is 2. The lowest BCUT2D eigenvalue weighted by atomic mass is 9.97. The van der Waals surface area contributed by atoms with E-state index < -0.39 is 0 Å². The van der Waals surface area contributed by atoms with Crippen molar-refractivity contribution >= 4 is 33.8 Å². The minimum absolute atomic E-state index is 1.04. The SMILES string of the molecule is C#Cc1cc(C2=C(c3cc(-c4ccccc4)sc3C)CCC2)c(C)s1. The van der Waals surface area contributed by atoms with Gasteiger partial charge < -0.3 is 0 Å². The van der Waals surface area contributed by atoms with Gasteiger partial charge in [0.25, 0.3) is 0 Å². The van der Waals surface area contributed by atoms with Crippen LogP contribution in [0.15, 0.2) is 42.5 Å². The summed E-state index contributed by atoms with van der Waals surface area (Å²) in [5.74, 6) is 2.80. The van der Waals surface area contributed by atoms with E-state index in [1.807, 2.05) is 11.3 Å². The van der Waals surface area contributed by atoms with Crippen LogP contribution in [0.2, 0.25) is 0 Å². The molecule has 25 heavy (non-hydrogen) atoms. The number of hydrogen-bond donors (Lipinski definition) is 0. The van der Waals surface area contributed by atoms with Crippen molar-refractivity contribution in [2.75, 3.05) is 0 Å². The minimum Gasteiger partial charge on any atom is -0.140 e. The summed E-state index contributed by atoms with van der Waals surface area (Å²) in [6.07, 6.45) is 9.18. The van der Waals surface area contributed by atoms with E-state index in [-0.39, 0.29) is 0 Å². The highest BCUT2D eigenvalue weighted by Gasteiger charge is 2.22. The zero-order chi connectivity index (χ0) is 17.4. The molecule has 0 bridgehead atoms. The summed E-state index contributed by atoms with van der Waals surface area (Å²) >= 11 is 3.64. The Bertz CT molecular complexity index is 991. The van der Waals surface area contributed by atoms with Gasteiger partial charge in [0.05, 0.1) is 4.88 Å². The number of rotatable bonds is 3. The van der Waals surface area contributed by atoms with E-state index in [2.05, 4.69) is 62.2 Å². The molecule has 0 aliphatic heterocycles. The van der Waals surface area contributed by atoms with Gasteiger partial charge in [-0.3, -0.25) is 0 Å². The van der Waals surface area contributed by atoms with E-state index in [9.17, 15) is 0 Å². The second-order valence-electron chi connectivity index (χ2n) is 6.48. The second kappa shape index (κ2) is 6.67. The smallest absolute Gasteiger partial charge is 0.0774 e. The maximum Gasteiger partial charge on any atom is 0.0774 e. The Hall–Kier alpha value is -2.08. The molecule has 0 amide bonds. The van der Waals surface area contributed by atoms with Crippen LogP contribution >= 0.6 is 22.7 Å². The van der Waals surface area contributed by atoms with Gasteiger partial charge >= 0.3 is 0 Å². The highest BCUT2D eigenvalue weighted by Crippen LogP contribution is 2.46. The predicted octanol–water partition coefficient (Wildman–Crippen LogP) is 7.17. The van der Waals surface area contributed by atoms with Crippen molar-refractivity contribution in [2.45, 2.75) is 33.1 Å². The van der Waals surface area contributed by atoms with Crippen molar-refractivity contribution in [1.82, 2.24) is 0 Å². The van der Waals surface area contributed by atoms with Crippen LogP contribution in [-0.4, -0.2) is 0 Å². The summed E-state index contributed by atoms with van der Waals surface area (Å²) < 4.78 is 0. The van der Waals surface area contributed by atoms with Crippen LogP contribution in [0.25, 0.3) is 21.6 Å². The molecular weight excluding hydrogens is 340 g/mol. The van der Waals surface area contributed by atoms with Crippen LogP contribution in [0, 0.1) is 26.2 Å². The summed E-state index contributed by atoms with van der Waals surface area (Å²) in [6, 6.07) is 15.3. The minimum atomic E-state index is 1.04. The van der Waals surface area contributed by atoms with Gasteiger partial charge in [-0.25, -0.2) is 0 Å². The first kappa shape index (κ1) is 16.4. The molecule has 0 fully saturated rings. The Morgan fingerprint density at radius 2 is 1.52 bits per heavy atom. The van der Waals surface area contributed by atoms with E-state index >= 15 is 0 Å². The van der Waals surface area contributed by atoms with Gasteiger partial charge in [-0.2, -0.15) is 0 Å². The number of aryl methyl sites for hydroxylation is 2. The van der Waals surface area contributed by atoms with Crippen LogP contribution in [-0.2, 0) is 0 Å². The molecule has 1 aliphatic carbocycles. The molecular formula is C23H20S2. The third-order valence-corrected chi connectivity index (χ3v) is 6.99. The van der Waals surface area contributed by atoms with Crippen LogP contribution in [0.1, 0.15) is 45.0 Å². The molecule has 0 N–H and O–H groups in total. The van der Waals surface area contributed by atoms with Gasteiger partial charge in [-0.05, 0) is 73.1 Å². The first-order chi connectivity index (χ1) is 12.2. The van der Waals surface area contributed by atoms with Gasteiger partial charge in [-0.15, -0.1) is 29.1 Å². The van der Waals surface area contributed by atoms with Crippen molar-refractivity contribution < 1.29 is 0 Å². The molecule has 2 heteroatoms.